The predicted molar refractivity (Wildman–Crippen MR) is 113 cm³/mol. The molecular formula is C22H27NO5S. The van der Waals surface area contributed by atoms with Gasteiger partial charge in [-0.05, 0) is 35.9 Å². The highest BCUT2D eigenvalue weighted by atomic mass is 32.2. The molecular weight excluding hydrogens is 390 g/mol. The van der Waals surface area contributed by atoms with E-state index in [1.807, 2.05) is 30.3 Å². The number of benzene rings is 2. The number of hydrogen-bond acceptors (Lipinski definition) is 5. The van der Waals surface area contributed by atoms with Crippen molar-refractivity contribution in [2.45, 2.75) is 25.2 Å². The lowest BCUT2D eigenvalue weighted by atomic mass is 10.2. The molecule has 2 aromatic rings. The first-order chi connectivity index (χ1) is 14.0. The van der Waals surface area contributed by atoms with E-state index < -0.39 is 16.0 Å². The van der Waals surface area contributed by atoms with Crippen molar-refractivity contribution in [2.75, 3.05) is 26.3 Å². The van der Waals surface area contributed by atoms with E-state index in [0.29, 0.717) is 31.7 Å². The Morgan fingerprint density at radius 1 is 0.966 bits per heavy atom. The number of sulfonamides is 1. The van der Waals surface area contributed by atoms with Gasteiger partial charge in [-0.3, -0.25) is 0 Å². The van der Waals surface area contributed by atoms with E-state index >= 15 is 0 Å². The van der Waals surface area contributed by atoms with Gasteiger partial charge in [-0.15, -0.1) is 0 Å². The van der Waals surface area contributed by atoms with Crippen molar-refractivity contribution < 1.29 is 22.7 Å². The highest BCUT2D eigenvalue weighted by Gasteiger charge is 2.20. The van der Waals surface area contributed by atoms with E-state index in [4.69, 9.17) is 9.47 Å². The van der Waals surface area contributed by atoms with Crippen LogP contribution in [-0.2, 0) is 19.6 Å². The van der Waals surface area contributed by atoms with Crippen LogP contribution in [0.4, 0.5) is 0 Å². The molecule has 0 spiro atoms. The minimum Gasteiger partial charge on any atom is -0.493 e. The molecule has 0 fully saturated rings. The quantitative estimate of drug-likeness (QED) is 0.316. The minimum atomic E-state index is -3.48. The fraction of sp³-hybridized carbons (Fsp3) is 0.318. The van der Waals surface area contributed by atoms with Gasteiger partial charge in [0.15, 0.2) is 0 Å². The van der Waals surface area contributed by atoms with Crippen molar-refractivity contribution in [2.24, 2.45) is 0 Å². The second-order valence-electron chi connectivity index (χ2n) is 6.17. The van der Waals surface area contributed by atoms with Gasteiger partial charge in [-0.1, -0.05) is 44.2 Å². The van der Waals surface area contributed by atoms with Gasteiger partial charge in [-0.2, -0.15) is 4.31 Å². The summed E-state index contributed by atoms with van der Waals surface area (Å²) in [6.45, 7) is 5.17. The fourth-order valence-corrected chi connectivity index (χ4v) is 4.07. The second-order valence-corrected chi connectivity index (χ2v) is 8.11. The molecule has 0 saturated heterocycles. The number of carbonyl (C=O) groups is 1. The summed E-state index contributed by atoms with van der Waals surface area (Å²) in [4.78, 5) is 12.0. The van der Waals surface area contributed by atoms with E-state index in [1.54, 1.807) is 44.2 Å². The van der Waals surface area contributed by atoms with Crippen LogP contribution in [0.1, 0.15) is 25.8 Å². The van der Waals surface area contributed by atoms with Gasteiger partial charge in [0.05, 0.1) is 18.1 Å². The molecule has 29 heavy (non-hydrogen) atoms. The van der Waals surface area contributed by atoms with Crippen LogP contribution >= 0.6 is 0 Å². The van der Waals surface area contributed by atoms with Gasteiger partial charge in [0.1, 0.15) is 5.75 Å². The van der Waals surface area contributed by atoms with Crippen molar-refractivity contribution >= 4 is 22.1 Å². The molecule has 0 aliphatic carbocycles. The lowest BCUT2D eigenvalue weighted by molar-refractivity contribution is -0.137. The van der Waals surface area contributed by atoms with E-state index in [1.165, 1.54) is 10.4 Å². The number of carbonyl (C=O) groups excluding carboxylic acids is 1. The highest BCUT2D eigenvalue weighted by molar-refractivity contribution is 7.89. The van der Waals surface area contributed by atoms with Gasteiger partial charge in [0.25, 0.3) is 0 Å². The summed E-state index contributed by atoms with van der Waals surface area (Å²) >= 11 is 0. The molecule has 2 rings (SSSR count). The molecule has 0 unspecified atom stereocenters. The topological polar surface area (TPSA) is 72.9 Å². The number of para-hydroxylation sites is 1. The molecule has 0 aromatic heterocycles. The molecule has 0 aliphatic rings. The largest absolute Gasteiger partial charge is 0.493 e. The molecule has 7 heteroatoms. The maximum absolute atomic E-state index is 12.5. The van der Waals surface area contributed by atoms with E-state index in [0.717, 1.165) is 5.75 Å². The average Bonchev–Trinajstić information content (AvgIpc) is 2.74. The molecule has 0 atom stereocenters. The summed E-state index contributed by atoms with van der Waals surface area (Å²) < 4.78 is 37.0. The molecule has 2 aromatic carbocycles. The zero-order chi connectivity index (χ0) is 21.1. The summed E-state index contributed by atoms with van der Waals surface area (Å²) in [6, 6.07) is 15.8. The zero-order valence-electron chi connectivity index (χ0n) is 16.8. The lowest BCUT2D eigenvalue weighted by Gasteiger charge is -2.18. The lowest BCUT2D eigenvalue weighted by Crippen LogP contribution is -2.30. The summed E-state index contributed by atoms with van der Waals surface area (Å²) in [5.74, 6) is 0.328. The van der Waals surface area contributed by atoms with E-state index in [-0.39, 0.29) is 11.5 Å². The Balaban J connectivity index is 1.78. The monoisotopic (exact) mass is 417 g/mol. The zero-order valence-corrected chi connectivity index (χ0v) is 17.6. The Hall–Kier alpha value is -2.64. The average molecular weight is 418 g/mol. The molecule has 0 heterocycles. The Kier molecular flexibility index (Phi) is 8.89. The number of ether oxygens (including phenoxy) is 2. The standard InChI is InChI=1S/C22H27NO5S/c1-3-23(4-2)29(25,26)21-14-11-19(12-15-21)13-16-22(24)28-18-8-17-27-20-9-6-5-7-10-20/h5-7,9-16H,3-4,8,17-18H2,1-2H3/b16-13+. The van der Waals surface area contributed by atoms with Crippen molar-refractivity contribution in [3.05, 3.63) is 66.2 Å². The first kappa shape index (κ1) is 22.6. The van der Waals surface area contributed by atoms with Crippen molar-refractivity contribution in [3.63, 3.8) is 0 Å². The normalized spacial score (nSPS) is 11.7. The smallest absolute Gasteiger partial charge is 0.330 e. The Morgan fingerprint density at radius 2 is 1.62 bits per heavy atom. The highest BCUT2D eigenvalue weighted by Crippen LogP contribution is 2.16. The number of hydrogen-bond donors (Lipinski definition) is 0. The van der Waals surface area contributed by atoms with Crippen LogP contribution in [0.15, 0.2) is 65.6 Å². The van der Waals surface area contributed by atoms with Crippen molar-refractivity contribution in [1.82, 2.24) is 4.31 Å². The van der Waals surface area contributed by atoms with Gasteiger partial charge in [-0.25, -0.2) is 13.2 Å². The second kappa shape index (κ2) is 11.4. The molecule has 156 valence electrons. The number of esters is 1. The summed E-state index contributed by atoms with van der Waals surface area (Å²) in [7, 11) is -3.48. The fourth-order valence-electron chi connectivity index (χ4n) is 2.61. The van der Waals surface area contributed by atoms with Gasteiger partial charge < -0.3 is 9.47 Å². The third kappa shape index (κ3) is 7.03. The predicted octanol–water partition coefficient (Wildman–Crippen LogP) is 3.74. The maximum atomic E-state index is 12.5. The van der Waals surface area contributed by atoms with Crippen LogP contribution in [-0.4, -0.2) is 45.0 Å². The summed E-state index contributed by atoms with van der Waals surface area (Å²) in [6.07, 6.45) is 3.51. The van der Waals surface area contributed by atoms with Crippen molar-refractivity contribution in [3.8, 4) is 5.75 Å². The molecule has 0 aliphatic heterocycles. The summed E-state index contributed by atoms with van der Waals surface area (Å²) in [5, 5.41) is 0. The van der Waals surface area contributed by atoms with Crippen molar-refractivity contribution in [1.29, 1.82) is 0 Å². The molecule has 0 bridgehead atoms. The van der Waals surface area contributed by atoms with Crippen LogP contribution in [0, 0.1) is 0 Å². The SMILES string of the molecule is CCN(CC)S(=O)(=O)c1ccc(/C=C/C(=O)OCCCOc2ccccc2)cc1. The summed E-state index contributed by atoms with van der Waals surface area (Å²) in [5.41, 5.74) is 0.716. The van der Waals surface area contributed by atoms with Gasteiger partial charge >= 0.3 is 5.97 Å². The minimum absolute atomic E-state index is 0.236. The third-order valence-electron chi connectivity index (χ3n) is 4.18. The van der Waals surface area contributed by atoms with Crippen LogP contribution in [0.2, 0.25) is 0 Å². The van der Waals surface area contributed by atoms with Gasteiger partial charge in [0.2, 0.25) is 10.0 Å². The Bertz CT molecular complexity index is 889. The Labute approximate surface area is 172 Å². The van der Waals surface area contributed by atoms with Crippen LogP contribution < -0.4 is 4.74 Å². The maximum Gasteiger partial charge on any atom is 0.330 e. The van der Waals surface area contributed by atoms with Gasteiger partial charge in [0, 0.05) is 25.6 Å². The first-order valence-corrected chi connectivity index (χ1v) is 11.0. The van der Waals surface area contributed by atoms with Crippen LogP contribution in [0.5, 0.6) is 5.75 Å². The van der Waals surface area contributed by atoms with Crippen LogP contribution in [0.25, 0.3) is 6.08 Å². The number of rotatable bonds is 11. The first-order valence-electron chi connectivity index (χ1n) is 9.60. The molecule has 6 nitrogen and oxygen atoms in total. The van der Waals surface area contributed by atoms with E-state index in [2.05, 4.69) is 0 Å². The molecule has 0 radical (unpaired) electrons. The molecule has 0 saturated carbocycles. The van der Waals surface area contributed by atoms with Crippen LogP contribution in [0.3, 0.4) is 0 Å². The van der Waals surface area contributed by atoms with E-state index in [9.17, 15) is 13.2 Å². The number of nitrogens with zero attached hydrogens (tertiary/aromatic N) is 1. The Morgan fingerprint density at radius 3 is 2.24 bits per heavy atom. The third-order valence-corrected chi connectivity index (χ3v) is 6.24. The molecule has 0 N–H and O–H groups in total. The molecule has 0 amide bonds.